The van der Waals surface area contributed by atoms with Crippen LogP contribution in [0.15, 0.2) is 224 Å². The number of hydrogen-bond donors (Lipinski definition) is 1. The van der Waals surface area contributed by atoms with Gasteiger partial charge in [0.2, 0.25) is 0 Å². The summed E-state index contributed by atoms with van der Waals surface area (Å²) < 4.78 is 2.62. The van der Waals surface area contributed by atoms with Gasteiger partial charge in [-0.1, -0.05) is 127 Å². The van der Waals surface area contributed by atoms with Gasteiger partial charge in [-0.25, -0.2) is 0 Å². The molecular weight excluding hydrogens is 793 g/mol. The van der Waals surface area contributed by atoms with Crippen molar-refractivity contribution in [1.82, 2.24) is 0 Å². The van der Waals surface area contributed by atoms with E-state index in [1.54, 1.807) is 0 Å². The molecule has 14 rings (SSSR count). The molecule has 0 fully saturated rings. The second-order valence-corrected chi connectivity index (χ2v) is 18.4. The molecule has 298 valence electrons. The Morgan fingerprint density at radius 2 is 0.953 bits per heavy atom. The Kier molecular flexibility index (Phi) is 7.51. The third-order valence-electron chi connectivity index (χ3n) is 13.9. The Balaban J connectivity index is 1.02. The number of para-hydroxylation sites is 2. The van der Waals surface area contributed by atoms with E-state index in [1.165, 1.54) is 97.0 Å². The van der Waals surface area contributed by atoms with Crippen LogP contribution in [0.2, 0.25) is 0 Å². The minimum Gasteiger partial charge on any atom is -0.356 e. The van der Waals surface area contributed by atoms with Crippen LogP contribution in [0.5, 0.6) is 0 Å². The van der Waals surface area contributed by atoms with Gasteiger partial charge in [0.15, 0.2) is 0 Å². The van der Waals surface area contributed by atoms with E-state index in [4.69, 9.17) is 0 Å². The molecule has 64 heavy (non-hydrogen) atoms. The highest BCUT2D eigenvalue weighted by molar-refractivity contribution is 7.25. The maximum atomic E-state index is 3.66. The van der Waals surface area contributed by atoms with E-state index >= 15 is 0 Å². The number of fused-ring (bicyclic) bond motifs is 17. The van der Waals surface area contributed by atoms with Crippen LogP contribution in [0.25, 0.3) is 74.7 Å². The first-order chi connectivity index (χ1) is 31.7. The summed E-state index contributed by atoms with van der Waals surface area (Å²) in [6, 6.07) is 83.6. The zero-order chi connectivity index (χ0) is 41.9. The number of hydrogen-bond acceptors (Lipinski definition) is 3. The van der Waals surface area contributed by atoms with Crippen molar-refractivity contribution in [2.24, 2.45) is 0 Å². The molecule has 0 aliphatic heterocycles. The van der Waals surface area contributed by atoms with Crippen molar-refractivity contribution in [3.05, 3.63) is 247 Å². The molecule has 0 amide bonds. The van der Waals surface area contributed by atoms with E-state index in [2.05, 4.69) is 235 Å². The van der Waals surface area contributed by atoms with E-state index in [1.807, 2.05) is 11.3 Å². The van der Waals surface area contributed by atoms with Crippen LogP contribution >= 0.6 is 11.3 Å². The minimum absolute atomic E-state index is 0.522. The van der Waals surface area contributed by atoms with Crippen molar-refractivity contribution in [2.75, 3.05) is 10.2 Å². The number of benzene rings is 11. The lowest BCUT2D eigenvalue weighted by atomic mass is 9.70. The van der Waals surface area contributed by atoms with Gasteiger partial charge in [-0.15, -0.1) is 11.3 Å². The van der Waals surface area contributed by atoms with Crippen LogP contribution in [-0.2, 0) is 5.41 Å². The van der Waals surface area contributed by atoms with Gasteiger partial charge in [-0.05, 0) is 174 Å². The summed E-state index contributed by atoms with van der Waals surface area (Å²) in [5.41, 5.74) is 15.7. The van der Waals surface area contributed by atoms with Crippen molar-refractivity contribution in [2.45, 2.75) is 5.41 Å². The van der Waals surface area contributed by atoms with Gasteiger partial charge < -0.3 is 10.2 Å². The van der Waals surface area contributed by atoms with Crippen molar-refractivity contribution in [3.63, 3.8) is 0 Å². The van der Waals surface area contributed by atoms with Crippen molar-refractivity contribution >= 4 is 92.3 Å². The third kappa shape index (κ3) is 5.07. The Labute approximate surface area is 374 Å². The van der Waals surface area contributed by atoms with Gasteiger partial charge in [0.25, 0.3) is 0 Å². The second kappa shape index (κ2) is 13.5. The third-order valence-corrected chi connectivity index (χ3v) is 15.1. The summed E-state index contributed by atoms with van der Waals surface area (Å²) in [6.07, 6.45) is 0. The molecular formula is C61H38N2S. The lowest BCUT2D eigenvalue weighted by Crippen LogP contribution is -2.25. The molecule has 2 aliphatic rings. The van der Waals surface area contributed by atoms with Gasteiger partial charge >= 0.3 is 0 Å². The Bertz CT molecular complexity index is 3890. The summed E-state index contributed by atoms with van der Waals surface area (Å²) in [5, 5.41) is 13.7. The van der Waals surface area contributed by atoms with Gasteiger partial charge in [-0.2, -0.15) is 0 Å². The highest BCUT2D eigenvalue weighted by Crippen LogP contribution is 2.64. The molecule has 0 saturated carbocycles. The summed E-state index contributed by atoms with van der Waals surface area (Å²) in [4.78, 5) is 2.42. The molecule has 1 atom stereocenters. The first-order valence-electron chi connectivity index (χ1n) is 22.1. The number of nitrogens with zero attached hydrogens (tertiary/aromatic N) is 1. The summed E-state index contributed by atoms with van der Waals surface area (Å²) in [6.45, 7) is 0. The van der Waals surface area contributed by atoms with E-state index in [0.717, 1.165) is 28.4 Å². The molecule has 2 aliphatic carbocycles. The minimum atomic E-state index is -0.522. The fourth-order valence-electron chi connectivity index (χ4n) is 11.2. The first-order valence-corrected chi connectivity index (χ1v) is 22.9. The smallest absolute Gasteiger partial charge is 0.0726 e. The Morgan fingerprint density at radius 1 is 0.328 bits per heavy atom. The monoisotopic (exact) mass is 830 g/mol. The quantitative estimate of drug-likeness (QED) is 0.186. The van der Waals surface area contributed by atoms with Crippen LogP contribution < -0.4 is 10.2 Å². The number of anilines is 5. The van der Waals surface area contributed by atoms with Crippen molar-refractivity contribution in [3.8, 4) is 22.3 Å². The fraction of sp³-hybridized carbons (Fsp3) is 0.0164. The molecule has 2 nitrogen and oxygen atoms in total. The highest BCUT2D eigenvalue weighted by atomic mass is 32.1. The van der Waals surface area contributed by atoms with E-state index in [-0.39, 0.29) is 0 Å². The van der Waals surface area contributed by atoms with Gasteiger partial charge in [0.1, 0.15) is 0 Å². The van der Waals surface area contributed by atoms with Crippen LogP contribution in [0, 0.1) is 0 Å². The average molecular weight is 831 g/mol. The molecule has 1 N–H and O–H groups in total. The normalized spacial score (nSPS) is 14.6. The molecule has 1 heterocycles. The number of rotatable bonds is 5. The van der Waals surface area contributed by atoms with Gasteiger partial charge in [0, 0.05) is 48.6 Å². The van der Waals surface area contributed by atoms with Gasteiger partial charge in [0.05, 0.1) is 5.41 Å². The average Bonchev–Trinajstić information content (AvgIpc) is 3.96. The van der Waals surface area contributed by atoms with Crippen LogP contribution in [0.1, 0.15) is 22.3 Å². The molecule has 1 spiro atoms. The van der Waals surface area contributed by atoms with E-state index in [9.17, 15) is 0 Å². The SMILES string of the molecule is c1ccc(Nc2ccc3cc4c(cc3c2)C2(c3cc5cc(N(c6ccccc6)c6ccc7sc8ccccc8c7c6)ccc5cc3-4)c3ccccc3-c3c2ccc2ccccc32)cc1. The molecule has 1 unspecified atom stereocenters. The molecule has 0 radical (unpaired) electrons. The van der Waals surface area contributed by atoms with Crippen molar-refractivity contribution in [1.29, 1.82) is 0 Å². The van der Waals surface area contributed by atoms with Gasteiger partial charge in [-0.3, -0.25) is 0 Å². The van der Waals surface area contributed by atoms with E-state index in [0.29, 0.717) is 0 Å². The summed E-state index contributed by atoms with van der Waals surface area (Å²) >= 11 is 1.86. The molecule has 1 aromatic heterocycles. The molecule has 11 aromatic carbocycles. The Hall–Kier alpha value is -7.98. The summed E-state index contributed by atoms with van der Waals surface area (Å²) in [7, 11) is 0. The van der Waals surface area contributed by atoms with Crippen LogP contribution in [0.3, 0.4) is 0 Å². The van der Waals surface area contributed by atoms with E-state index < -0.39 is 5.41 Å². The van der Waals surface area contributed by atoms with Crippen LogP contribution in [-0.4, -0.2) is 0 Å². The molecule has 0 saturated heterocycles. The highest BCUT2D eigenvalue weighted by Gasteiger charge is 2.52. The zero-order valence-electron chi connectivity index (χ0n) is 34.7. The number of thiophene rings is 1. The lowest BCUT2D eigenvalue weighted by Gasteiger charge is -2.31. The maximum Gasteiger partial charge on any atom is 0.0726 e. The standard InChI is InChI=1S/C61H38N2S/c1-3-14-43(15-4-1)62-44-26-23-39-33-51-52-34-40-24-27-46(63(45-16-5-2-6-17-45)47-28-30-59-53(37-47)49-19-10-12-22-58(49)64-59)32-42(40)36-57(52)61(56(51)35-41(39)31-44)54-21-11-9-20-50(54)60-48-18-8-7-13-38(48)25-29-55(60)61/h1-37,62H. The Morgan fingerprint density at radius 3 is 1.78 bits per heavy atom. The topological polar surface area (TPSA) is 15.3 Å². The summed E-state index contributed by atoms with van der Waals surface area (Å²) in [5.74, 6) is 0. The largest absolute Gasteiger partial charge is 0.356 e. The zero-order valence-corrected chi connectivity index (χ0v) is 35.5. The van der Waals surface area contributed by atoms with Crippen LogP contribution in [0.4, 0.5) is 28.4 Å². The maximum absolute atomic E-state index is 3.66. The predicted octanol–water partition coefficient (Wildman–Crippen LogP) is 17.1. The molecule has 0 bridgehead atoms. The second-order valence-electron chi connectivity index (χ2n) is 17.3. The lowest BCUT2D eigenvalue weighted by molar-refractivity contribution is 0.797. The molecule has 3 heteroatoms. The number of nitrogens with one attached hydrogen (secondary N) is 1. The molecule has 12 aromatic rings. The fourth-order valence-corrected chi connectivity index (χ4v) is 12.3. The predicted molar refractivity (Wildman–Crippen MR) is 273 cm³/mol. The van der Waals surface area contributed by atoms with Crippen molar-refractivity contribution < 1.29 is 0 Å². The first kappa shape index (κ1) is 35.6.